The van der Waals surface area contributed by atoms with Crippen LogP contribution in [0.2, 0.25) is 0 Å². The van der Waals surface area contributed by atoms with Crippen LogP contribution in [0.5, 0.6) is 0 Å². The second-order valence-corrected chi connectivity index (χ2v) is 5.33. The van der Waals surface area contributed by atoms with Gasteiger partial charge < -0.3 is 14.9 Å². The Morgan fingerprint density at radius 1 is 1.18 bits per heavy atom. The van der Waals surface area contributed by atoms with Crippen molar-refractivity contribution in [3.8, 4) is 0 Å². The van der Waals surface area contributed by atoms with E-state index in [0.29, 0.717) is 24.8 Å². The zero-order valence-electron chi connectivity index (χ0n) is 10.4. The fourth-order valence-electron chi connectivity index (χ4n) is 2.72. The molecule has 2 saturated heterocycles. The monoisotopic (exact) mass is 240 g/mol. The molecule has 2 amide bonds. The summed E-state index contributed by atoms with van der Waals surface area (Å²) in [4.78, 5) is 26.6. The number of nitrogens with zero attached hydrogens (tertiary/aromatic N) is 2. The lowest BCUT2D eigenvalue weighted by Gasteiger charge is -2.27. The first-order chi connectivity index (χ1) is 8.00. The van der Waals surface area contributed by atoms with Crippen LogP contribution in [0.4, 0.5) is 4.79 Å². The van der Waals surface area contributed by atoms with Gasteiger partial charge in [0.15, 0.2) is 0 Å². The van der Waals surface area contributed by atoms with Crippen molar-refractivity contribution >= 4 is 12.0 Å². The number of carboxylic acids is 1. The summed E-state index contributed by atoms with van der Waals surface area (Å²) in [6.07, 6.45) is 1.38. The van der Waals surface area contributed by atoms with E-state index in [1.807, 2.05) is 0 Å². The highest BCUT2D eigenvalue weighted by Gasteiger charge is 2.39. The van der Waals surface area contributed by atoms with Crippen LogP contribution in [0, 0.1) is 11.8 Å². The molecule has 3 atom stereocenters. The molecule has 1 N–H and O–H groups in total. The predicted molar refractivity (Wildman–Crippen MR) is 62.7 cm³/mol. The Labute approximate surface area is 101 Å². The first-order valence-electron chi connectivity index (χ1n) is 6.29. The number of rotatable bonds is 1. The molecular formula is C12H20N2O3. The predicted octanol–water partition coefficient (Wildman–Crippen LogP) is 1.24. The first-order valence-corrected chi connectivity index (χ1v) is 6.29. The van der Waals surface area contributed by atoms with Gasteiger partial charge in [-0.25, -0.2) is 9.59 Å². The van der Waals surface area contributed by atoms with Gasteiger partial charge in [0.2, 0.25) is 0 Å². The average Bonchev–Trinajstić information content (AvgIpc) is 2.85. The minimum atomic E-state index is -0.879. The third-order valence-electron chi connectivity index (χ3n) is 4.04. The lowest BCUT2D eigenvalue weighted by Crippen LogP contribution is -2.47. The Morgan fingerprint density at radius 3 is 2.29 bits per heavy atom. The van der Waals surface area contributed by atoms with E-state index in [4.69, 9.17) is 5.11 Å². The summed E-state index contributed by atoms with van der Waals surface area (Å²) in [6.45, 7) is 6.36. The number of carbonyl (C=O) groups excluding carboxylic acids is 1. The van der Waals surface area contributed by atoms with Crippen molar-refractivity contribution in [1.29, 1.82) is 0 Å². The molecule has 2 aliphatic rings. The van der Waals surface area contributed by atoms with E-state index in [9.17, 15) is 9.59 Å². The van der Waals surface area contributed by atoms with Crippen LogP contribution < -0.4 is 0 Å². The molecule has 0 aromatic heterocycles. The molecule has 2 fully saturated rings. The third kappa shape index (κ3) is 2.23. The van der Waals surface area contributed by atoms with Crippen LogP contribution in [0.1, 0.15) is 26.7 Å². The fourth-order valence-corrected chi connectivity index (χ4v) is 2.72. The van der Waals surface area contributed by atoms with Crippen LogP contribution in [-0.2, 0) is 4.79 Å². The van der Waals surface area contributed by atoms with Crippen LogP contribution in [0.25, 0.3) is 0 Å². The van der Waals surface area contributed by atoms with E-state index in [1.165, 1.54) is 4.90 Å². The molecular weight excluding hydrogens is 220 g/mol. The van der Waals surface area contributed by atoms with Crippen molar-refractivity contribution < 1.29 is 14.7 Å². The van der Waals surface area contributed by atoms with Gasteiger partial charge in [0.05, 0.1) is 0 Å². The number of carbonyl (C=O) groups is 2. The number of carboxylic acid groups (broad SMARTS) is 1. The summed E-state index contributed by atoms with van der Waals surface area (Å²) in [5.74, 6) is 0.130. The highest BCUT2D eigenvalue weighted by atomic mass is 16.4. The minimum Gasteiger partial charge on any atom is -0.480 e. The highest BCUT2D eigenvalue weighted by molar-refractivity contribution is 5.83. The Hall–Kier alpha value is -1.26. The minimum absolute atomic E-state index is 0.0916. The van der Waals surface area contributed by atoms with Gasteiger partial charge in [-0.15, -0.1) is 0 Å². The lowest BCUT2D eigenvalue weighted by atomic mass is 10.0. The number of aliphatic carboxylic acids is 1. The average molecular weight is 240 g/mol. The van der Waals surface area contributed by atoms with Crippen molar-refractivity contribution in [2.45, 2.75) is 32.7 Å². The third-order valence-corrected chi connectivity index (χ3v) is 4.04. The molecule has 3 unspecified atom stereocenters. The van der Waals surface area contributed by atoms with Gasteiger partial charge in [0.25, 0.3) is 0 Å². The standard InChI is InChI=1S/C12H20N2O3/c1-8-6-13(7-9(8)2)12(17)14-5-3-4-10(14)11(15)16/h8-10H,3-7H2,1-2H3,(H,15,16). The van der Waals surface area contributed by atoms with Gasteiger partial charge in [-0.3, -0.25) is 0 Å². The van der Waals surface area contributed by atoms with E-state index in [0.717, 1.165) is 19.5 Å². The molecule has 0 aromatic carbocycles. The summed E-state index contributed by atoms with van der Waals surface area (Å²) in [6, 6.07) is -0.709. The van der Waals surface area contributed by atoms with Crippen molar-refractivity contribution in [2.24, 2.45) is 11.8 Å². The molecule has 5 nitrogen and oxygen atoms in total. The fraction of sp³-hybridized carbons (Fsp3) is 0.833. The van der Waals surface area contributed by atoms with Crippen molar-refractivity contribution in [3.63, 3.8) is 0 Å². The lowest BCUT2D eigenvalue weighted by molar-refractivity contribution is -0.141. The number of amides is 2. The van der Waals surface area contributed by atoms with Crippen molar-refractivity contribution in [2.75, 3.05) is 19.6 Å². The number of urea groups is 1. The Kier molecular flexibility index (Phi) is 3.26. The molecule has 0 aromatic rings. The summed E-state index contributed by atoms with van der Waals surface area (Å²) in [5, 5.41) is 9.07. The molecule has 2 rings (SSSR count). The molecule has 0 bridgehead atoms. The van der Waals surface area contributed by atoms with Gasteiger partial charge in [-0.1, -0.05) is 13.8 Å². The highest BCUT2D eigenvalue weighted by Crippen LogP contribution is 2.26. The van der Waals surface area contributed by atoms with Crippen LogP contribution >= 0.6 is 0 Å². The largest absolute Gasteiger partial charge is 0.480 e. The molecule has 2 aliphatic heterocycles. The normalized spacial score (nSPS) is 33.2. The molecule has 5 heteroatoms. The van der Waals surface area contributed by atoms with Crippen LogP contribution in [0.3, 0.4) is 0 Å². The Bertz CT molecular complexity index is 322. The van der Waals surface area contributed by atoms with Gasteiger partial charge in [-0.05, 0) is 24.7 Å². The van der Waals surface area contributed by atoms with E-state index < -0.39 is 12.0 Å². The zero-order chi connectivity index (χ0) is 12.6. The van der Waals surface area contributed by atoms with Crippen molar-refractivity contribution in [3.05, 3.63) is 0 Å². The van der Waals surface area contributed by atoms with Gasteiger partial charge in [-0.2, -0.15) is 0 Å². The molecule has 0 radical (unpaired) electrons. The summed E-state index contributed by atoms with van der Waals surface area (Å²) >= 11 is 0. The van der Waals surface area contributed by atoms with E-state index in [2.05, 4.69) is 13.8 Å². The van der Waals surface area contributed by atoms with Crippen LogP contribution in [-0.4, -0.2) is 52.6 Å². The summed E-state index contributed by atoms with van der Waals surface area (Å²) in [5.41, 5.74) is 0. The number of likely N-dealkylation sites (tertiary alicyclic amines) is 2. The summed E-state index contributed by atoms with van der Waals surface area (Å²) < 4.78 is 0. The van der Waals surface area contributed by atoms with E-state index >= 15 is 0 Å². The second-order valence-electron chi connectivity index (χ2n) is 5.33. The van der Waals surface area contributed by atoms with Crippen molar-refractivity contribution in [1.82, 2.24) is 9.80 Å². The second kappa shape index (κ2) is 4.55. The number of hydrogen-bond acceptors (Lipinski definition) is 2. The van der Waals surface area contributed by atoms with Gasteiger partial charge >= 0.3 is 12.0 Å². The number of hydrogen-bond donors (Lipinski definition) is 1. The smallest absolute Gasteiger partial charge is 0.326 e. The Balaban J connectivity index is 2.03. The quantitative estimate of drug-likeness (QED) is 0.750. The SMILES string of the molecule is CC1CN(C(=O)N2CCCC2C(=O)O)CC1C. The van der Waals surface area contributed by atoms with E-state index in [-0.39, 0.29) is 6.03 Å². The topological polar surface area (TPSA) is 60.9 Å². The van der Waals surface area contributed by atoms with Gasteiger partial charge in [0.1, 0.15) is 6.04 Å². The molecule has 0 spiro atoms. The molecule has 0 aliphatic carbocycles. The van der Waals surface area contributed by atoms with E-state index in [1.54, 1.807) is 4.90 Å². The maximum absolute atomic E-state index is 12.2. The van der Waals surface area contributed by atoms with Crippen LogP contribution in [0.15, 0.2) is 0 Å². The molecule has 2 heterocycles. The zero-order valence-corrected chi connectivity index (χ0v) is 10.4. The van der Waals surface area contributed by atoms with Gasteiger partial charge in [0, 0.05) is 19.6 Å². The first kappa shape index (κ1) is 12.2. The molecule has 96 valence electrons. The molecule has 0 saturated carbocycles. The summed E-state index contributed by atoms with van der Waals surface area (Å²) in [7, 11) is 0. The maximum atomic E-state index is 12.2. The molecule has 17 heavy (non-hydrogen) atoms. The maximum Gasteiger partial charge on any atom is 0.326 e. The Morgan fingerprint density at radius 2 is 1.76 bits per heavy atom.